The first kappa shape index (κ1) is 11.9. The van der Waals surface area contributed by atoms with Crippen molar-refractivity contribution in [3.63, 3.8) is 0 Å². The zero-order valence-electron chi connectivity index (χ0n) is 9.67. The fourth-order valence-corrected chi connectivity index (χ4v) is 1.40. The Morgan fingerprint density at radius 2 is 2.33 bits per heavy atom. The van der Waals surface area contributed by atoms with Crippen molar-refractivity contribution in [3.05, 3.63) is 35.5 Å². The Labute approximate surface area is 103 Å². The number of nitrogens with two attached hydrogens (primary N) is 1. The smallest absolute Gasteiger partial charge is 0.253 e. The molecule has 0 radical (unpaired) electrons. The van der Waals surface area contributed by atoms with Gasteiger partial charge < -0.3 is 20.7 Å². The number of carbonyl (C=O) groups is 1. The zero-order chi connectivity index (χ0) is 13.1. The van der Waals surface area contributed by atoms with E-state index in [1.807, 2.05) is 0 Å². The molecule has 94 valence electrons. The van der Waals surface area contributed by atoms with Crippen molar-refractivity contribution in [3.8, 4) is 5.75 Å². The molecular weight excluding hydrogens is 236 g/mol. The molecule has 1 heterocycles. The summed E-state index contributed by atoms with van der Waals surface area (Å²) >= 11 is 0. The van der Waals surface area contributed by atoms with Crippen molar-refractivity contribution in [1.82, 2.24) is 15.5 Å². The van der Waals surface area contributed by atoms with Crippen LogP contribution >= 0.6 is 0 Å². The van der Waals surface area contributed by atoms with Crippen LogP contribution in [0.2, 0.25) is 0 Å². The largest absolute Gasteiger partial charge is 0.508 e. The van der Waals surface area contributed by atoms with Gasteiger partial charge in [-0.15, -0.1) is 0 Å². The quantitative estimate of drug-likeness (QED) is 0.541. The van der Waals surface area contributed by atoms with Crippen LogP contribution in [0.4, 0.5) is 5.69 Å². The van der Waals surface area contributed by atoms with Crippen molar-refractivity contribution in [1.29, 1.82) is 0 Å². The van der Waals surface area contributed by atoms with Crippen LogP contribution in [0.5, 0.6) is 5.75 Å². The molecule has 18 heavy (non-hydrogen) atoms. The van der Waals surface area contributed by atoms with Gasteiger partial charge >= 0.3 is 0 Å². The van der Waals surface area contributed by atoms with E-state index in [2.05, 4.69) is 15.5 Å². The number of nitrogens with zero attached hydrogens (tertiary/aromatic N) is 2. The van der Waals surface area contributed by atoms with Crippen LogP contribution in [0.1, 0.15) is 22.1 Å². The molecule has 2 aromatic rings. The first-order chi connectivity index (χ1) is 8.56. The Balaban J connectivity index is 2.05. The fraction of sp³-hybridized carbons (Fsp3) is 0.182. The van der Waals surface area contributed by atoms with E-state index in [0.717, 1.165) is 0 Å². The topological polar surface area (TPSA) is 114 Å². The van der Waals surface area contributed by atoms with Gasteiger partial charge in [0, 0.05) is 5.69 Å². The number of aromatic hydroxyl groups is 1. The first-order valence-electron chi connectivity index (χ1n) is 5.22. The van der Waals surface area contributed by atoms with Crippen LogP contribution in [0.15, 0.2) is 22.7 Å². The molecule has 0 bridgehead atoms. The minimum Gasteiger partial charge on any atom is -0.508 e. The van der Waals surface area contributed by atoms with Crippen molar-refractivity contribution in [2.24, 2.45) is 0 Å². The highest BCUT2D eigenvalue weighted by Crippen LogP contribution is 2.18. The molecule has 0 aliphatic carbocycles. The van der Waals surface area contributed by atoms with Gasteiger partial charge in [0.25, 0.3) is 5.91 Å². The normalized spacial score (nSPS) is 10.3. The third-order valence-electron chi connectivity index (χ3n) is 2.25. The maximum Gasteiger partial charge on any atom is 0.253 e. The van der Waals surface area contributed by atoms with Crippen molar-refractivity contribution in [2.75, 3.05) is 5.73 Å². The molecular formula is C11H12N4O3. The lowest BCUT2D eigenvalue weighted by atomic mass is 10.1. The van der Waals surface area contributed by atoms with Crippen molar-refractivity contribution in [2.45, 2.75) is 13.5 Å². The van der Waals surface area contributed by atoms with E-state index in [0.29, 0.717) is 11.7 Å². The summed E-state index contributed by atoms with van der Waals surface area (Å²) in [5.41, 5.74) is 6.12. The molecule has 0 aliphatic rings. The van der Waals surface area contributed by atoms with Crippen molar-refractivity contribution >= 4 is 11.6 Å². The molecule has 1 aromatic carbocycles. The summed E-state index contributed by atoms with van der Waals surface area (Å²) in [7, 11) is 0. The van der Waals surface area contributed by atoms with Gasteiger partial charge in [0.15, 0.2) is 5.82 Å². The third kappa shape index (κ3) is 2.57. The number of hydrogen-bond donors (Lipinski definition) is 3. The maximum atomic E-state index is 11.8. The molecule has 0 spiro atoms. The number of nitrogen functional groups attached to an aromatic ring is 1. The zero-order valence-corrected chi connectivity index (χ0v) is 9.67. The summed E-state index contributed by atoms with van der Waals surface area (Å²) in [4.78, 5) is 15.7. The van der Waals surface area contributed by atoms with E-state index < -0.39 is 5.91 Å². The van der Waals surface area contributed by atoms with Gasteiger partial charge in [0.1, 0.15) is 5.75 Å². The average molecular weight is 248 g/mol. The Hall–Kier alpha value is -2.57. The predicted molar refractivity (Wildman–Crippen MR) is 62.7 cm³/mol. The summed E-state index contributed by atoms with van der Waals surface area (Å²) in [5.74, 6) is 0.359. The minimum absolute atomic E-state index is 0.0250. The van der Waals surface area contributed by atoms with E-state index in [1.54, 1.807) is 6.92 Å². The van der Waals surface area contributed by atoms with Gasteiger partial charge in [-0.2, -0.15) is 4.98 Å². The lowest BCUT2D eigenvalue weighted by Gasteiger charge is -2.06. The van der Waals surface area contributed by atoms with E-state index >= 15 is 0 Å². The number of nitrogens with one attached hydrogen (secondary N) is 1. The summed E-state index contributed by atoms with van der Waals surface area (Å²) in [6.07, 6.45) is 0. The van der Waals surface area contributed by atoms with Crippen LogP contribution in [0, 0.1) is 6.92 Å². The predicted octanol–water partition coefficient (Wildman–Crippen LogP) is 0.596. The summed E-state index contributed by atoms with van der Waals surface area (Å²) in [5, 5.41) is 15.5. The number of amides is 1. The highest BCUT2D eigenvalue weighted by molar-refractivity contribution is 5.99. The number of anilines is 1. The summed E-state index contributed by atoms with van der Waals surface area (Å²) < 4.78 is 4.85. The van der Waals surface area contributed by atoms with Crippen LogP contribution in [0.3, 0.4) is 0 Å². The van der Waals surface area contributed by atoms with E-state index in [-0.39, 0.29) is 23.5 Å². The monoisotopic (exact) mass is 248 g/mol. The highest BCUT2D eigenvalue weighted by Gasteiger charge is 2.11. The molecule has 0 unspecified atom stereocenters. The lowest BCUT2D eigenvalue weighted by molar-refractivity contribution is 0.0947. The van der Waals surface area contributed by atoms with Gasteiger partial charge in [0.2, 0.25) is 5.89 Å². The SMILES string of the molecule is Cc1noc(CNC(=O)c2cc(O)ccc2N)n1. The summed E-state index contributed by atoms with van der Waals surface area (Å²) in [6, 6.07) is 4.16. The highest BCUT2D eigenvalue weighted by atomic mass is 16.5. The molecule has 0 atom stereocenters. The van der Waals surface area contributed by atoms with Gasteiger partial charge in [-0.05, 0) is 25.1 Å². The molecule has 1 aromatic heterocycles. The second-order valence-electron chi connectivity index (χ2n) is 3.69. The Morgan fingerprint density at radius 3 is 3.00 bits per heavy atom. The molecule has 0 saturated heterocycles. The number of carbonyl (C=O) groups excluding carboxylic acids is 1. The van der Waals surface area contributed by atoms with E-state index in [1.165, 1.54) is 18.2 Å². The molecule has 4 N–H and O–H groups in total. The molecule has 2 rings (SSSR count). The minimum atomic E-state index is -0.417. The van der Waals surface area contributed by atoms with Gasteiger partial charge in [-0.25, -0.2) is 0 Å². The number of aromatic nitrogens is 2. The molecule has 1 amide bonds. The third-order valence-corrected chi connectivity index (χ3v) is 2.25. The standard InChI is InChI=1S/C11H12N4O3/c1-6-14-10(18-15-6)5-13-11(17)8-4-7(16)2-3-9(8)12/h2-4,16H,5,12H2,1H3,(H,13,17). The number of phenols is 1. The van der Waals surface area contributed by atoms with Crippen LogP contribution in [-0.2, 0) is 6.54 Å². The molecule has 7 heteroatoms. The Bertz CT molecular complexity index is 579. The number of hydrogen-bond acceptors (Lipinski definition) is 6. The Morgan fingerprint density at radius 1 is 1.56 bits per heavy atom. The number of phenolic OH excluding ortho intramolecular Hbond substituents is 1. The van der Waals surface area contributed by atoms with Crippen LogP contribution in [-0.4, -0.2) is 21.2 Å². The maximum absolute atomic E-state index is 11.8. The van der Waals surface area contributed by atoms with Crippen LogP contribution in [0.25, 0.3) is 0 Å². The number of aryl methyl sites for hydroxylation is 1. The molecule has 0 saturated carbocycles. The summed E-state index contributed by atoms with van der Waals surface area (Å²) in [6.45, 7) is 1.79. The van der Waals surface area contributed by atoms with E-state index in [9.17, 15) is 9.90 Å². The van der Waals surface area contributed by atoms with Gasteiger partial charge in [-0.1, -0.05) is 5.16 Å². The first-order valence-corrected chi connectivity index (χ1v) is 5.22. The molecule has 0 aliphatic heterocycles. The van der Waals surface area contributed by atoms with Crippen molar-refractivity contribution < 1.29 is 14.4 Å². The number of benzene rings is 1. The van der Waals surface area contributed by atoms with Gasteiger partial charge in [-0.3, -0.25) is 4.79 Å². The van der Waals surface area contributed by atoms with E-state index in [4.69, 9.17) is 10.3 Å². The molecule has 7 nitrogen and oxygen atoms in total. The van der Waals surface area contributed by atoms with Crippen LogP contribution < -0.4 is 11.1 Å². The second kappa shape index (κ2) is 4.74. The van der Waals surface area contributed by atoms with Gasteiger partial charge in [0.05, 0.1) is 12.1 Å². The number of rotatable bonds is 3. The Kier molecular flexibility index (Phi) is 3.13. The second-order valence-corrected chi connectivity index (χ2v) is 3.69. The average Bonchev–Trinajstić information content (AvgIpc) is 2.75. The lowest BCUT2D eigenvalue weighted by Crippen LogP contribution is -2.23. The fourth-order valence-electron chi connectivity index (χ4n) is 1.40. The molecule has 0 fully saturated rings.